The number of amides is 2. The first-order chi connectivity index (χ1) is 13.2. The van der Waals surface area contributed by atoms with E-state index in [1.807, 2.05) is 18.7 Å². The van der Waals surface area contributed by atoms with Crippen molar-refractivity contribution in [2.45, 2.75) is 18.7 Å². The SMILES string of the molecule is CCN(CC)C(=O)CN1CCN(C(=O)c2cc(S(=O)(=O)NC)ccc2F)CC1. The summed E-state index contributed by atoms with van der Waals surface area (Å²) in [6, 6.07) is 3.16. The van der Waals surface area contributed by atoms with Crippen molar-refractivity contribution in [3.05, 3.63) is 29.6 Å². The second-order valence-electron chi connectivity index (χ2n) is 6.48. The first kappa shape index (κ1) is 22.3. The van der Waals surface area contributed by atoms with Crippen LogP contribution in [-0.2, 0) is 14.8 Å². The molecule has 0 bridgehead atoms. The fourth-order valence-electron chi connectivity index (χ4n) is 3.10. The lowest BCUT2D eigenvalue weighted by molar-refractivity contribution is -0.132. The van der Waals surface area contributed by atoms with Gasteiger partial charge in [-0.25, -0.2) is 17.5 Å². The van der Waals surface area contributed by atoms with E-state index in [4.69, 9.17) is 0 Å². The maximum Gasteiger partial charge on any atom is 0.256 e. The minimum absolute atomic E-state index is 0.0424. The van der Waals surface area contributed by atoms with E-state index in [-0.39, 0.29) is 22.9 Å². The second-order valence-corrected chi connectivity index (χ2v) is 8.37. The molecule has 0 spiro atoms. The number of likely N-dealkylation sites (N-methyl/N-ethyl adjacent to an activating group) is 1. The largest absolute Gasteiger partial charge is 0.342 e. The van der Waals surface area contributed by atoms with Crippen LogP contribution in [0.4, 0.5) is 4.39 Å². The summed E-state index contributed by atoms with van der Waals surface area (Å²) in [5, 5.41) is 0. The highest BCUT2D eigenvalue weighted by atomic mass is 32.2. The maximum atomic E-state index is 14.2. The van der Waals surface area contributed by atoms with Crippen LogP contribution in [0.15, 0.2) is 23.1 Å². The highest BCUT2D eigenvalue weighted by Gasteiger charge is 2.27. The summed E-state index contributed by atoms with van der Waals surface area (Å²) < 4.78 is 40.1. The number of hydrogen-bond donors (Lipinski definition) is 1. The van der Waals surface area contributed by atoms with Gasteiger partial charge in [0.1, 0.15) is 5.82 Å². The molecular weight excluding hydrogens is 387 g/mol. The Hall–Kier alpha value is -2.04. The predicted octanol–water partition coefficient (Wildman–Crippen LogP) is 0.360. The van der Waals surface area contributed by atoms with E-state index >= 15 is 0 Å². The molecule has 8 nitrogen and oxygen atoms in total. The first-order valence-corrected chi connectivity index (χ1v) is 10.7. The third-order valence-electron chi connectivity index (χ3n) is 4.88. The minimum atomic E-state index is -3.78. The smallest absolute Gasteiger partial charge is 0.256 e. The summed E-state index contributed by atoms with van der Waals surface area (Å²) in [6.07, 6.45) is 0. The Balaban J connectivity index is 2.04. The zero-order valence-electron chi connectivity index (χ0n) is 16.4. The molecule has 1 aromatic carbocycles. The van der Waals surface area contributed by atoms with Gasteiger partial charge in [0.15, 0.2) is 0 Å². The zero-order valence-corrected chi connectivity index (χ0v) is 17.3. The molecule has 1 N–H and O–H groups in total. The third kappa shape index (κ3) is 5.06. The molecule has 0 aromatic heterocycles. The summed E-state index contributed by atoms with van der Waals surface area (Å²) in [5.41, 5.74) is -0.274. The van der Waals surface area contributed by atoms with E-state index < -0.39 is 21.7 Å². The molecule has 1 saturated heterocycles. The Labute approximate surface area is 165 Å². The van der Waals surface area contributed by atoms with Crippen molar-refractivity contribution in [2.75, 3.05) is 52.9 Å². The minimum Gasteiger partial charge on any atom is -0.342 e. The van der Waals surface area contributed by atoms with Crippen LogP contribution in [0.5, 0.6) is 0 Å². The molecule has 1 aromatic rings. The summed E-state index contributed by atoms with van der Waals surface area (Å²) in [6.45, 7) is 7.11. The number of rotatable bonds is 7. The number of hydrogen-bond acceptors (Lipinski definition) is 5. The lowest BCUT2D eigenvalue weighted by atomic mass is 10.1. The zero-order chi connectivity index (χ0) is 20.9. The Morgan fingerprint density at radius 1 is 1.14 bits per heavy atom. The molecule has 156 valence electrons. The number of carbonyl (C=O) groups excluding carboxylic acids is 2. The van der Waals surface area contributed by atoms with E-state index in [1.54, 1.807) is 4.90 Å². The number of nitrogens with zero attached hydrogens (tertiary/aromatic N) is 3. The fraction of sp³-hybridized carbons (Fsp3) is 0.556. The number of benzene rings is 1. The van der Waals surface area contributed by atoms with E-state index in [0.717, 1.165) is 18.2 Å². The lowest BCUT2D eigenvalue weighted by Gasteiger charge is -2.35. The van der Waals surface area contributed by atoms with Gasteiger partial charge in [0, 0.05) is 39.3 Å². The van der Waals surface area contributed by atoms with Gasteiger partial charge in [0.25, 0.3) is 5.91 Å². The Morgan fingerprint density at radius 2 is 1.75 bits per heavy atom. The number of carbonyl (C=O) groups is 2. The van der Waals surface area contributed by atoms with Crippen molar-refractivity contribution in [3.63, 3.8) is 0 Å². The van der Waals surface area contributed by atoms with Gasteiger partial charge in [0.2, 0.25) is 15.9 Å². The average molecular weight is 415 g/mol. The standard InChI is InChI=1S/C18H27FN4O4S/c1-4-22(5-2)17(24)13-21-8-10-23(11-9-21)18(25)15-12-14(6-7-16(15)19)28(26,27)20-3/h6-7,12,20H,4-5,8-11,13H2,1-3H3. The molecule has 2 amide bonds. The van der Waals surface area contributed by atoms with Gasteiger partial charge in [-0.05, 0) is 39.1 Å². The van der Waals surface area contributed by atoms with Crippen LogP contribution >= 0.6 is 0 Å². The molecule has 2 rings (SSSR count). The normalized spacial score (nSPS) is 15.5. The highest BCUT2D eigenvalue weighted by molar-refractivity contribution is 7.89. The number of halogens is 1. The molecule has 0 aliphatic carbocycles. The van der Waals surface area contributed by atoms with Gasteiger partial charge in [-0.1, -0.05) is 0 Å². The molecular formula is C18H27FN4O4S. The van der Waals surface area contributed by atoms with Crippen molar-refractivity contribution in [3.8, 4) is 0 Å². The molecule has 0 radical (unpaired) electrons. The number of sulfonamides is 1. The van der Waals surface area contributed by atoms with Crippen LogP contribution in [0.25, 0.3) is 0 Å². The first-order valence-electron chi connectivity index (χ1n) is 9.26. The topological polar surface area (TPSA) is 90.0 Å². The summed E-state index contributed by atoms with van der Waals surface area (Å²) >= 11 is 0. The van der Waals surface area contributed by atoms with E-state index in [2.05, 4.69) is 4.72 Å². The lowest BCUT2D eigenvalue weighted by Crippen LogP contribution is -2.51. The summed E-state index contributed by atoms with van der Waals surface area (Å²) in [7, 11) is -2.53. The molecule has 1 aliphatic heterocycles. The highest BCUT2D eigenvalue weighted by Crippen LogP contribution is 2.18. The van der Waals surface area contributed by atoms with Crippen LogP contribution in [0.2, 0.25) is 0 Å². The average Bonchev–Trinajstić information content (AvgIpc) is 2.69. The molecule has 28 heavy (non-hydrogen) atoms. The molecule has 10 heteroatoms. The second kappa shape index (κ2) is 9.44. The fourth-order valence-corrected chi connectivity index (χ4v) is 3.86. The third-order valence-corrected chi connectivity index (χ3v) is 6.29. The van der Waals surface area contributed by atoms with Crippen molar-refractivity contribution in [1.29, 1.82) is 0 Å². The number of nitrogens with one attached hydrogen (secondary N) is 1. The Bertz CT molecular complexity index is 819. The van der Waals surface area contributed by atoms with Gasteiger partial charge < -0.3 is 9.80 Å². The van der Waals surface area contributed by atoms with Crippen LogP contribution in [0, 0.1) is 5.82 Å². The van der Waals surface area contributed by atoms with Crippen molar-refractivity contribution in [1.82, 2.24) is 19.4 Å². The maximum absolute atomic E-state index is 14.2. The van der Waals surface area contributed by atoms with Crippen LogP contribution < -0.4 is 4.72 Å². The molecule has 1 fully saturated rings. The molecule has 0 atom stereocenters. The quantitative estimate of drug-likeness (QED) is 0.696. The van der Waals surface area contributed by atoms with E-state index in [0.29, 0.717) is 39.3 Å². The summed E-state index contributed by atoms with van der Waals surface area (Å²) in [5.74, 6) is -1.28. The summed E-state index contributed by atoms with van der Waals surface area (Å²) in [4.78, 5) is 29.9. The Morgan fingerprint density at radius 3 is 2.29 bits per heavy atom. The van der Waals surface area contributed by atoms with Crippen LogP contribution in [-0.4, -0.2) is 87.8 Å². The monoisotopic (exact) mass is 414 g/mol. The molecule has 0 saturated carbocycles. The molecule has 0 unspecified atom stereocenters. The van der Waals surface area contributed by atoms with Gasteiger partial charge in [-0.3, -0.25) is 14.5 Å². The van der Waals surface area contributed by atoms with Crippen molar-refractivity contribution < 1.29 is 22.4 Å². The van der Waals surface area contributed by atoms with Crippen LogP contribution in [0.1, 0.15) is 24.2 Å². The molecule has 1 aliphatic rings. The molecule has 1 heterocycles. The van der Waals surface area contributed by atoms with Gasteiger partial charge >= 0.3 is 0 Å². The van der Waals surface area contributed by atoms with Crippen molar-refractivity contribution in [2.24, 2.45) is 0 Å². The Kier molecular flexibility index (Phi) is 7.50. The van der Waals surface area contributed by atoms with Gasteiger partial charge in [-0.15, -0.1) is 0 Å². The van der Waals surface area contributed by atoms with E-state index in [1.165, 1.54) is 11.9 Å². The number of piperazine rings is 1. The van der Waals surface area contributed by atoms with Crippen molar-refractivity contribution >= 4 is 21.8 Å². The van der Waals surface area contributed by atoms with Gasteiger partial charge in [0.05, 0.1) is 17.0 Å². The van der Waals surface area contributed by atoms with Gasteiger partial charge in [-0.2, -0.15) is 0 Å². The van der Waals surface area contributed by atoms with E-state index in [9.17, 15) is 22.4 Å². The predicted molar refractivity (Wildman–Crippen MR) is 103 cm³/mol. The van der Waals surface area contributed by atoms with Crippen LogP contribution in [0.3, 0.4) is 0 Å².